The minimum atomic E-state index is 0.760. The lowest BCUT2D eigenvalue weighted by Gasteiger charge is -2.00. The molecule has 59 valence electrons. The van der Waals surface area contributed by atoms with Crippen molar-refractivity contribution in [3.63, 3.8) is 0 Å². The summed E-state index contributed by atoms with van der Waals surface area (Å²) < 4.78 is 0. The van der Waals surface area contributed by atoms with Gasteiger partial charge in [0.1, 0.15) is 0 Å². The fourth-order valence-electron chi connectivity index (χ4n) is 1.25. The number of benzene rings is 1. The van der Waals surface area contributed by atoms with Gasteiger partial charge < -0.3 is 0 Å². The lowest BCUT2D eigenvalue weighted by Crippen LogP contribution is -1.88. The molecule has 0 fully saturated rings. The smallest absolute Gasteiger partial charge is 0.0918 e. The molecule has 1 aromatic carbocycles. The Morgan fingerprint density at radius 1 is 1.17 bits per heavy atom. The molecular weight excluding hydrogens is 148 g/mol. The molecule has 0 unspecified atom stereocenters. The van der Waals surface area contributed by atoms with Gasteiger partial charge in [-0.05, 0) is 25.0 Å². The monoisotopic (exact) mass is 157 g/mol. The summed E-state index contributed by atoms with van der Waals surface area (Å²) in [4.78, 5) is 8.45. The van der Waals surface area contributed by atoms with Crippen molar-refractivity contribution in [2.24, 2.45) is 0 Å². The van der Waals surface area contributed by atoms with E-state index < -0.39 is 0 Å². The maximum atomic E-state index is 4.25. The third-order valence-electron chi connectivity index (χ3n) is 1.85. The molecule has 0 aliphatic carbocycles. The minimum absolute atomic E-state index is 0.760. The largest absolute Gasteiger partial charge is 0.253 e. The lowest BCUT2D eigenvalue weighted by atomic mass is 10.1. The number of aromatic nitrogens is 2. The molecule has 0 N–H and O–H groups in total. The zero-order valence-corrected chi connectivity index (χ0v) is 6.70. The maximum Gasteiger partial charge on any atom is 0.0918 e. The van der Waals surface area contributed by atoms with Crippen LogP contribution in [0.15, 0.2) is 30.6 Å². The van der Waals surface area contributed by atoms with Gasteiger partial charge in [0, 0.05) is 12.4 Å². The number of hydrogen-bond donors (Lipinski definition) is 0. The van der Waals surface area contributed by atoms with Gasteiger partial charge in [-0.3, -0.25) is 9.97 Å². The molecule has 2 heteroatoms. The quantitative estimate of drug-likeness (QED) is 0.632. The second-order valence-corrected chi connectivity index (χ2v) is 2.59. The second-order valence-electron chi connectivity index (χ2n) is 2.59. The number of nitrogens with zero attached hydrogens (tertiary/aromatic N) is 2. The van der Waals surface area contributed by atoms with Crippen LogP contribution in [0.2, 0.25) is 0 Å². The predicted molar refractivity (Wildman–Crippen MR) is 48.6 cm³/mol. The van der Waals surface area contributed by atoms with E-state index in [1.807, 2.05) is 18.2 Å². The summed E-state index contributed by atoms with van der Waals surface area (Å²) in [6, 6.07) is 5.98. The zero-order chi connectivity index (χ0) is 8.39. The predicted octanol–water partition coefficient (Wildman–Crippen LogP) is 2.01. The van der Waals surface area contributed by atoms with Gasteiger partial charge in [0.15, 0.2) is 0 Å². The van der Waals surface area contributed by atoms with E-state index in [2.05, 4.69) is 16.9 Å². The van der Waals surface area contributed by atoms with Crippen LogP contribution in [0, 0.1) is 6.92 Å². The van der Waals surface area contributed by atoms with E-state index in [0.29, 0.717) is 0 Å². The van der Waals surface area contributed by atoms with Crippen molar-refractivity contribution in [2.45, 2.75) is 6.42 Å². The van der Waals surface area contributed by atoms with Crippen molar-refractivity contribution in [1.82, 2.24) is 9.97 Å². The van der Waals surface area contributed by atoms with Gasteiger partial charge in [0.05, 0.1) is 11.0 Å². The molecule has 2 rings (SSSR count). The summed E-state index contributed by atoms with van der Waals surface area (Å²) in [5.74, 6) is 0. The first-order valence-corrected chi connectivity index (χ1v) is 3.89. The van der Waals surface area contributed by atoms with Crippen molar-refractivity contribution in [1.29, 1.82) is 0 Å². The van der Waals surface area contributed by atoms with Crippen LogP contribution in [-0.4, -0.2) is 9.97 Å². The number of fused-ring (bicyclic) bond motifs is 1. The van der Waals surface area contributed by atoms with Crippen LogP contribution in [0.1, 0.15) is 5.56 Å². The normalized spacial score (nSPS) is 10.4. The summed E-state index contributed by atoms with van der Waals surface area (Å²) in [7, 11) is 0. The molecule has 12 heavy (non-hydrogen) atoms. The van der Waals surface area contributed by atoms with Crippen molar-refractivity contribution < 1.29 is 0 Å². The van der Waals surface area contributed by atoms with E-state index in [1.54, 1.807) is 12.4 Å². The van der Waals surface area contributed by atoms with Gasteiger partial charge >= 0.3 is 0 Å². The van der Waals surface area contributed by atoms with Crippen LogP contribution in [0.4, 0.5) is 0 Å². The average Bonchev–Trinajstić information content (AvgIpc) is 2.17. The molecule has 0 amide bonds. The summed E-state index contributed by atoms with van der Waals surface area (Å²) in [6.07, 6.45) is 4.17. The fraction of sp³-hybridized carbons (Fsp3) is 0.100. The molecule has 0 atom stereocenters. The number of hydrogen-bond acceptors (Lipinski definition) is 2. The molecular formula is C10H9N2. The molecule has 0 saturated carbocycles. The van der Waals surface area contributed by atoms with E-state index in [0.717, 1.165) is 23.0 Å². The summed E-state index contributed by atoms with van der Waals surface area (Å²) >= 11 is 0. The Morgan fingerprint density at radius 3 is 2.83 bits per heavy atom. The topological polar surface area (TPSA) is 25.8 Å². The van der Waals surface area contributed by atoms with E-state index in [1.165, 1.54) is 0 Å². The van der Waals surface area contributed by atoms with Crippen LogP contribution >= 0.6 is 0 Å². The van der Waals surface area contributed by atoms with Gasteiger partial charge in [0.2, 0.25) is 0 Å². The Kier molecular flexibility index (Phi) is 1.74. The molecule has 1 heterocycles. The summed E-state index contributed by atoms with van der Waals surface area (Å²) in [6.45, 7) is 3.84. The van der Waals surface area contributed by atoms with Crippen molar-refractivity contribution in [3.8, 4) is 0 Å². The lowest BCUT2D eigenvalue weighted by molar-refractivity contribution is 1.22. The first-order valence-electron chi connectivity index (χ1n) is 3.89. The van der Waals surface area contributed by atoms with Gasteiger partial charge in [-0.15, -0.1) is 0 Å². The highest BCUT2D eigenvalue weighted by atomic mass is 14.8. The van der Waals surface area contributed by atoms with E-state index in [4.69, 9.17) is 0 Å². The Bertz CT molecular complexity index is 390. The highest BCUT2D eigenvalue weighted by Crippen LogP contribution is 2.13. The minimum Gasteiger partial charge on any atom is -0.253 e. The van der Waals surface area contributed by atoms with E-state index >= 15 is 0 Å². The molecule has 2 aromatic rings. The van der Waals surface area contributed by atoms with Crippen LogP contribution in [-0.2, 0) is 6.42 Å². The Labute approximate surface area is 71.3 Å². The number of para-hydroxylation sites is 1. The standard InChI is InChI=1S/C10H9N2/c1-2-8-4-3-5-9-10(8)12-7-6-11-9/h3-7H,1-2H2. The second kappa shape index (κ2) is 2.89. The first kappa shape index (κ1) is 7.22. The van der Waals surface area contributed by atoms with Crippen LogP contribution in [0.3, 0.4) is 0 Å². The Hall–Kier alpha value is -1.44. The zero-order valence-electron chi connectivity index (χ0n) is 6.70. The SMILES string of the molecule is [CH2]Cc1cccc2nccnc12. The van der Waals surface area contributed by atoms with Gasteiger partial charge in [-0.2, -0.15) is 0 Å². The van der Waals surface area contributed by atoms with E-state index in [-0.39, 0.29) is 0 Å². The van der Waals surface area contributed by atoms with Crippen LogP contribution in [0.25, 0.3) is 11.0 Å². The van der Waals surface area contributed by atoms with Gasteiger partial charge in [0.25, 0.3) is 0 Å². The fourth-order valence-corrected chi connectivity index (χ4v) is 1.25. The van der Waals surface area contributed by atoms with E-state index in [9.17, 15) is 0 Å². The summed E-state index contributed by atoms with van der Waals surface area (Å²) in [5.41, 5.74) is 3.06. The molecule has 1 radical (unpaired) electrons. The van der Waals surface area contributed by atoms with Gasteiger partial charge in [-0.25, -0.2) is 0 Å². The van der Waals surface area contributed by atoms with Crippen molar-refractivity contribution >= 4 is 11.0 Å². The molecule has 0 aliphatic heterocycles. The highest BCUT2D eigenvalue weighted by Gasteiger charge is 1.98. The third kappa shape index (κ3) is 1.05. The van der Waals surface area contributed by atoms with Crippen molar-refractivity contribution in [3.05, 3.63) is 43.1 Å². The number of rotatable bonds is 1. The van der Waals surface area contributed by atoms with Crippen LogP contribution in [0.5, 0.6) is 0 Å². The van der Waals surface area contributed by atoms with Crippen LogP contribution < -0.4 is 0 Å². The highest BCUT2D eigenvalue weighted by molar-refractivity contribution is 5.77. The summed E-state index contributed by atoms with van der Waals surface area (Å²) in [5, 5.41) is 0. The molecule has 0 aliphatic rings. The Balaban J connectivity index is 2.79. The Morgan fingerprint density at radius 2 is 2.00 bits per heavy atom. The molecule has 0 spiro atoms. The first-order chi connectivity index (χ1) is 5.92. The molecule has 0 bridgehead atoms. The maximum absolute atomic E-state index is 4.25. The van der Waals surface area contributed by atoms with Gasteiger partial charge in [-0.1, -0.05) is 12.1 Å². The molecule has 0 saturated heterocycles. The third-order valence-corrected chi connectivity index (χ3v) is 1.85. The molecule has 1 aromatic heterocycles. The molecule has 2 nitrogen and oxygen atoms in total. The average molecular weight is 157 g/mol. The van der Waals surface area contributed by atoms with Crippen molar-refractivity contribution in [2.75, 3.05) is 0 Å².